The Morgan fingerprint density at radius 3 is 2.39 bits per heavy atom. The number of hydrogen-bond donors (Lipinski definition) is 0. The summed E-state index contributed by atoms with van der Waals surface area (Å²) in [6, 6.07) is 3.92. The minimum Gasteiger partial charge on any atom is -0.360 e. The summed E-state index contributed by atoms with van der Waals surface area (Å²) in [6.07, 6.45) is -3.73. The van der Waals surface area contributed by atoms with E-state index in [1.807, 2.05) is 0 Å². The van der Waals surface area contributed by atoms with Crippen LogP contribution in [0.25, 0.3) is 0 Å². The Hall–Kier alpha value is -1.23. The average Bonchev–Trinajstić information content (AvgIpc) is 2.24. The number of aldehydes is 1. The highest BCUT2D eigenvalue weighted by Gasteiger charge is 2.32. The summed E-state index contributed by atoms with van der Waals surface area (Å²) in [6.45, 7) is 2.27. The number of alkyl halides is 3. The first kappa shape index (κ1) is 14.8. The molecule has 0 unspecified atom stereocenters. The highest BCUT2D eigenvalue weighted by Crippen LogP contribution is 2.27. The fourth-order valence-electron chi connectivity index (χ4n) is 1.56. The number of anilines is 1. The number of carbonyl (C=O) groups is 1. The SMILES string of the molecule is CC(C)N(CC(F)(F)F)c1ccc(C=O)c(Cl)c1. The fourth-order valence-corrected chi connectivity index (χ4v) is 1.77. The number of nitrogens with zero attached hydrogens (tertiary/aromatic N) is 1. The number of rotatable bonds is 4. The molecule has 0 atom stereocenters. The molecule has 18 heavy (non-hydrogen) atoms. The Kier molecular flexibility index (Phi) is 4.62. The van der Waals surface area contributed by atoms with Crippen molar-refractivity contribution in [3.63, 3.8) is 0 Å². The van der Waals surface area contributed by atoms with Crippen molar-refractivity contribution < 1.29 is 18.0 Å². The Bertz CT molecular complexity index is 432. The van der Waals surface area contributed by atoms with E-state index in [-0.39, 0.29) is 16.6 Å². The van der Waals surface area contributed by atoms with Gasteiger partial charge in [0.25, 0.3) is 0 Å². The summed E-state index contributed by atoms with van der Waals surface area (Å²) >= 11 is 5.81. The number of carbonyl (C=O) groups excluding carboxylic acids is 1. The first-order valence-corrected chi connectivity index (χ1v) is 5.70. The highest BCUT2D eigenvalue weighted by atomic mass is 35.5. The molecule has 0 radical (unpaired) electrons. The molecule has 1 aromatic carbocycles. The zero-order valence-corrected chi connectivity index (χ0v) is 10.7. The predicted molar refractivity (Wildman–Crippen MR) is 65.4 cm³/mol. The van der Waals surface area contributed by atoms with Crippen LogP contribution < -0.4 is 4.90 Å². The van der Waals surface area contributed by atoms with Gasteiger partial charge < -0.3 is 4.90 Å². The molecule has 0 aliphatic rings. The lowest BCUT2D eigenvalue weighted by Crippen LogP contribution is -2.39. The third-order valence-corrected chi connectivity index (χ3v) is 2.74. The van der Waals surface area contributed by atoms with Gasteiger partial charge in [0.15, 0.2) is 6.29 Å². The number of halogens is 4. The zero-order valence-electron chi connectivity index (χ0n) is 9.96. The van der Waals surface area contributed by atoms with Crippen LogP contribution in [-0.4, -0.2) is 25.0 Å². The molecule has 1 aromatic rings. The lowest BCUT2D eigenvalue weighted by Gasteiger charge is -2.30. The molecule has 0 bridgehead atoms. The molecule has 0 saturated heterocycles. The minimum absolute atomic E-state index is 0.148. The summed E-state index contributed by atoms with van der Waals surface area (Å²) in [5.41, 5.74) is 0.606. The lowest BCUT2D eigenvalue weighted by atomic mass is 10.2. The topological polar surface area (TPSA) is 20.3 Å². The van der Waals surface area contributed by atoms with Crippen LogP contribution in [0.5, 0.6) is 0 Å². The van der Waals surface area contributed by atoms with E-state index in [2.05, 4.69) is 0 Å². The van der Waals surface area contributed by atoms with Crippen LogP contribution in [0.3, 0.4) is 0 Å². The lowest BCUT2D eigenvalue weighted by molar-refractivity contribution is -0.120. The van der Waals surface area contributed by atoms with Gasteiger partial charge in [0.1, 0.15) is 6.54 Å². The quantitative estimate of drug-likeness (QED) is 0.778. The standard InChI is InChI=1S/C12H13ClF3NO/c1-8(2)17(7-12(14,15)16)10-4-3-9(6-18)11(13)5-10/h3-6,8H,7H2,1-2H3. The van der Waals surface area contributed by atoms with Crippen molar-refractivity contribution in [3.05, 3.63) is 28.8 Å². The molecule has 0 aliphatic heterocycles. The van der Waals surface area contributed by atoms with Crippen LogP contribution in [-0.2, 0) is 0 Å². The van der Waals surface area contributed by atoms with E-state index < -0.39 is 12.7 Å². The predicted octanol–water partition coefficient (Wildman–Crippen LogP) is 3.93. The van der Waals surface area contributed by atoms with E-state index in [0.29, 0.717) is 12.0 Å². The molecular formula is C12H13ClF3NO. The van der Waals surface area contributed by atoms with Crippen molar-refractivity contribution in [2.24, 2.45) is 0 Å². The molecule has 0 heterocycles. The third kappa shape index (κ3) is 3.91. The van der Waals surface area contributed by atoms with E-state index in [1.54, 1.807) is 13.8 Å². The van der Waals surface area contributed by atoms with E-state index >= 15 is 0 Å². The molecule has 0 saturated carbocycles. The average molecular weight is 280 g/mol. The Labute approximate surface area is 108 Å². The van der Waals surface area contributed by atoms with Crippen molar-refractivity contribution in [1.29, 1.82) is 0 Å². The normalized spacial score (nSPS) is 11.7. The molecule has 1 rings (SSSR count). The second-order valence-electron chi connectivity index (χ2n) is 4.16. The van der Waals surface area contributed by atoms with Crippen LogP contribution in [0.1, 0.15) is 24.2 Å². The van der Waals surface area contributed by atoms with Crippen molar-refractivity contribution in [1.82, 2.24) is 0 Å². The van der Waals surface area contributed by atoms with E-state index in [0.717, 1.165) is 0 Å². The summed E-state index contributed by atoms with van der Waals surface area (Å²) in [4.78, 5) is 11.8. The minimum atomic E-state index is -4.29. The second kappa shape index (κ2) is 5.61. The van der Waals surface area contributed by atoms with Crippen LogP contribution in [0.2, 0.25) is 5.02 Å². The van der Waals surface area contributed by atoms with Gasteiger partial charge in [0.2, 0.25) is 0 Å². The van der Waals surface area contributed by atoms with Crippen molar-refractivity contribution in [3.8, 4) is 0 Å². The molecule has 0 amide bonds. The molecular weight excluding hydrogens is 267 g/mol. The maximum Gasteiger partial charge on any atom is 0.405 e. The van der Waals surface area contributed by atoms with Gasteiger partial charge in [0, 0.05) is 17.3 Å². The number of benzene rings is 1. The van der Waals surface area contributed by atoms with Gasteiger partial charge in [-0.1, -0.05) is 11.6 Å². The van der Waals surface area contributed by atoms with Gasteiger partial charge in [-0.2, -0.15) is 13.2 Å². The maximum absolute atomic E-state index is 12.5. The molecule has 0 N–H and O–H groups in total. The van der Waals surface area contributed by atoms with Gasteiger partial charge in [-0.3, -0.25) is 4.79 Å². The maximum atomic E-state index is 12.5. The van der Waals surface area contributed by atoms with Gasteiger partial charge in [-0.25, -0.2) is 0 Å². The molecule has 100 valence electrons. The van der Waals surface area contributed by atoms with Crippen LogP contribution in [0.4, 0.5) is 18.9 Å². The molecule has 6 heteroatoms. The van der Waals surface area contributed by atoms with E-state index in [4.69, 9.17) is 11.6 Å². The zero-order chi connectivity index (χ0) is 13.9. The van der Waals surface area contributed by atoms with Crippen LogP contribution in [0, 0.1) is 0 Å². The van der Waals surface area contributed by atoms with Crippen molar-refractivity contribution in [2.75, 3.05) is 11.4 Å². The third-order valence-electron chi connectivity index (χ3n) is 2.42. The molecule has 0 spiro atoms. The second-order valence-corrected chi connectivity index (χ2v) is 4.57. The first-order valence-electron chi connectivity index (χ1n) is 5.32. The van der Waals surface area contributed by atoms with Crippen molar-refractivity contribution in [2.45, 2.75) is 26.1 Å². The monoisotopic (exact) mass is 279 g/mol. The van der Waals surface area contributed by atoms with Gasteiger partial charge in [-0.15, -0.1) is 0 Å². The molecule has 0 fully saturated rings. The van der Waals surface area contributed by atoms with Gasteiger partial charge >= 0.3 is 6.18 Å². The van der Waals surface area contributed by atoms with Crippen molar-refractivity contribution >= 4 is 23.6 Å². The fraction of sp³-hybridized carbons (Fsp3) is 0.417. The van der Waals surface area contributed by atoms with E-state index in [9.17, 15) is 18.0 Å². The Morgan fingerprint density at radius 1 is 1.39 bits per heavy atom. The highest BCUT2D eigenvalue weighted by molar-refractivity contribution is 6.33. The Morgan fingerprint density at radius 2 is 2.00 bits per heavy atom. The molecule has 2 nitrogen and oxygen atoms in total. The molecule has 0 aromatic heterocycles. The molecule has 0 aliphatic carbocycles. The summed E-state index contributed by atoms with van der Waals surface area (Å²) in [5.74, 6) is 0. The van der Waals surface area contributed by atoms with E-state index in [1.165, 1.54) is 23.1 Å². The number of hydrogen-bond acceptors (Lipinski definition) is 2. The van der Waals surface area contributed by atoms with Gasteiger partial charge in [0.05, 0.1) is 5.02 Å². The Balaban J connectivity index is 3.07. The summed E-state index contributed by atoms with van der Waals surface area (Å²) < 4.78 is 37.4. The van der Waals surface area contributed by atoms with Gasteiger partial charge in [-0.05, 0) is 32.0 Å². The van der Waals surface area contributed by atoms with Crippen LogP contribution in [0.15, 0.2) is 18.2 Å². The first-order chi connectivity index (χ1) is 8.24. The largest absolute Gasteiger partial charge is 0.405 e. The summed E-state index contributed by atoms with van der Waals surface area (Å²) in [5, 5.41) is 0.148. The smallest absolute Gasteiger partial charge is 0.360 e. The summed E-state index contributed by atoms with van der Waals surface area (Å²) in [7, 11) is 0. The van der Waals surface area contributed by atoms with Crippen LogP contribution >= 0.6 is 11.6 Å².